The van der Waals surface area contributed by atoms with Gasteiger partial charge in [-0.25, -0.2) is 4.57 Å². The summed E-state index contributed by atoms with van der Waals surface area (Å²) in [6.07, 6.45) is 76.4. The third-order valence-electron chi connectivity index (χ3n) is 12.3. The van der Waals surface area contributed by atoms with E-state index in [-0.39, 0.29) is 26.1 Å². The van der Waals surface area contributed by atoms with E-state index in [1.165, 1.54) is 116 Å². The van der Waals surface area contributed by atoms with Crippen LogP contribution in [0.4, 0.5) is 0 Å². The topological polar surface area (TPSA) is 108 Å². The number of esters is 2. The summed E-state index contributed by atoms with van der Waals surface area (Å²) in [7, 11) is 1.44. The van der Waals surface area contributed by atoms with Crippen molar-refractivity contribution in [1.82, 2.24) is 0 Å². The number of rotatable bonds is 53. The molecule has 0 aromatic carbocycles. The highest BCUT2D eigenvalue weighted by atomic mass is 31.2. The van der Waals surface area contributed by atoms with Crippen LogP contribution in [0, 0.1) is 0 Å². The van der Waals surface area contributed by atoms with E-state index in [4.69, 9.17) is 18.5 Å². The number of nitrogens with zero attached hydrogens (tertiary/aromatic N) is 1. The Hall–Kier alpha value is -3.33. The Morgan fingerprint density at radius 2 is 0.757 bits per heavy atom. The highest BCUT2D eigenvalue weighted by molar-refractivity contribution is 7.47. The van der Waals surface area contributed by atoms with Gasteiger partial charge < -0.3 is 18.9 Å². The second kappa shape index (κ2) is 54.5. The zero-order valence-electron chi connectivity index (χ0n) is 48.0. The fourth-order valence-electron chi connectivity index (χ4n) is 7.82. The van der Waals surface area contributed by atoms with E-state index in [9.17, 15) is 19.0 Å². The lowest BCUT2D eigenvalue weighted by Gasteiger charge is -2.24. The molecule has 0 aliphatic rings. The number of ether oxygens (including phenoxy) is 2. The Labute approximate surface area is 455 Å². The minimum absolute atomic E-state index is 0.0181. The highest BCUT2D eigenvalue weighted by Gasteiger charge is 2.27. The van der Waals surface area contributed by atoms with Gasteiger partial charge in [-0.15, -0.1) is 0 Å². The van der Waals surface area contributed by atoms with Crippen LogP contribution in [0.3, 0.4) is 0 Å². The summed E-state index contributed by atoms with van der Waals surface area (Å²) in [4.78, 5) is 35.5. The molecule has 0 heterocycles. The first-order valence-electron chi connectivity index (χ1n) is 29.6. The van der Waals surface area contributed by atoms with E-state index >= 15 is 0 Å². The van der Waals surface area contributed by atoms with E-state index in [0.717, 1.165) is 77.0 Å². The number of likely N-dealkylation sites (N-methyl/N-ethyl adjacent to an activating group) is 1. The van der Waals surface area contributed by atoms with Gasteiger partial charge in [-0.3, -0.25) is 18.6 Å². The minimum Gasteiger partial charge on any atom is -0.462 e. The van der Waals surface area contributed by atoms with Crippen molar-refractivity contribution in [3.63, 3.8) is 0 Å². The number of phosphoric ester groups is 1. The summed E-state index contributed by atoms with van der Waals surface area (Å²) in [5, 5.41) is 0. The molecule has 0 aromatic rings. The number of quaternary nitrogens is 1. The maximum atomic E-state index is 12.8. The quantitative estimate of drug-likeness (QED) is 0.0211. The van der Waals surface area contributed by atoms with Gasteiger partial charge in [0.2, 0.25) is 0 Å². The SMILES string of the molecule is CC/C=C\C/C=C\C/C=C\C/C=C\C/C=C\CCCCCCCCCCCCCCCCCCCCCCCC(=O)OC(COC(=O)CC/C=C\C/C=C\C/C=C\C/C=C\CC)COP(=O)(O)OCC[N+](C)(C)C. The van der Waals surface area contributed by atoms with Gasteiger partial charge in [0.25, 0.3) is 0 Å². The van der Waals surface area contributed by atoms with Gasteiger partial charge in [0.15, 0.2) is 6.10 Å². The summed E-state index contributed by atoms with van der Waals surface area (Å²) >= 11 is 0. The van der Waals surface area contributed by atoms with Gasteiger partial charge in [-0.1, -0.05) is 245 Å². The van der Waals surface area contributed by atoms with Crippen LogP contribution in [0.15, 0.2) is 109 Å². The Bertz CT molecular complexity index is 1620. The molecule has 74 heavy (non-hydrogen) atoms. The van der Waals surface area contributed by atoms with Crippen molar-refractivity contribution >= 4 is 19.8 Å². The average Bonchev–Trinajstić information content (AvgIpc) is 3.36. The van der Waals surface area contributed by atoms with Crippen LogP contribution >= 0.6 is 7.82 Å². The van der Waals surface area contributed by atoms with E-state index in [2.05, 4.69) is 111 Å². The molecule has 0 amide bonds. The summed E-state index contributed by atoms with van der Waals surface area (Å²) in [6.45, 7) is 4.11. The molecule has 2 atom stereocenters. The predicted molar refractivity (Wildman–Crippen MR) is 316 cm³/mol. The molecule has 1 N–H and O–H groups in total. The van der Waals surface area contributed by atoms with Crippen molar-refractivity contribution in [3.05, 3.63) is 109 Å². The molecule has 0 rings (SSSR count). The standard InChI is InChI=1S/C64H110NO8P/c1-6-8-10-12-14-16-18-20-21-22-23-24-25-26-27-28-29-30-31-32-33-34-35-36-37-38-39-40-41-42-43-45-47-49-51-53-55-57-64(67)73-62(61-72-74(68,69)71-59-58-65(3,4)5)60-70-63(66)56-54-52-50-48-46-44-19-17-15-13-11-9-7-2/h8-11,14-17,20-21,23-24,26-27,44,46,50,52,62H,6-7,12-13,18-19,22,25,28-43,45,47-49,51,53-61H2,1-5H3/p+1/b10-8-,11-9-,16-14-,17-15-,21-20-,24-23-,27-26-,46-44-,52-50-. The first-order chi connectivity index (χ1) is 36.0. The molecular formula is C64H111NO8P+. The van der Waals surface area contributed by atoms with Crippen molar-refractivity contribution in [1.29, 1.82) is 0 Å². The maximum Gasteiger partial charge on any atom is 0.472 e. The normalized spacial score (nSPS) is 14.1. The Kier molecular flexibility index (Phi) is 52.0. The zero-order chi connectivity index (χ0) is 54.2. The van der Waals surface area contributed by atoms with Gasteiger partial charge in [0, 0.05) is 12.8 Å². The third-order valence-corrected chi connectivity index (χ3v) is 13.3. The summed E-state index contributed by atoms with van der Waals surface area (Å²) in [5.41, 5.74) is 0. The van der Waals surface area contributed by atoms with Crippen LogP contribution in [0.1, 0.15) is 232 Å². The van der Waals surface area contributed by atoms with Crippen molar-refractivity contribution < 1.29 is 42.1 Å². The van der Waals surface area contributed by atoms with Gasteiger partial charge in [-0.05, 0) is 83.5 Å². The van der Waals surface area contributed by atoms with Crippen LogP contribution in [0.25, 0.3) is 0 Å². The Morgan fingerprint density at radius 3 is 1.14 bits per heavy atom. The fourth-order valence-corrected chi connectivity index (χ4v) is 8.56. The molecule has 10 heteroatoms. The smallest absolute Gasteiger partial charge is 0.462 e. The first kappa shape index (κ1) is 70.7. The van der Waals surface area contributed by atoms with E-state index in [1.807, 2.05) is 33.3 Å². The largest absolute Gasteiger partial charge is 0.472 e. The van der Waals surface area contributed by atoms with Gasteiger partial charge in [-0.2, -0.15) is 0 Å². The molecule has 2 unspecified atom stereocenters. The highest BCUT2D eigenvalue weighted by Crippen LogP contribution is 2.43. The van der Waals surface area contributed by atoms with E-state index < -0.39 is 32.5 Å². The molecule has 0 saturated heterocycles. The van der Waals surface area contributed by atoms with Gasteiger partial charge in [0.05, 0.1) is 27.7 Å². The predicted octanol–water partition coefficient (Wildman–Crippen LogP) is 18.6. The summed E-state index contributed by atoms with van der Waals surface area (Å²) in [5.74, 6) is -0.892. The molecule has 0 radical (unpaired) electrons. The molecule has 0 aliphatic carbocycles. The lowest BCUT2D eigenvalue weighted by Crippen LogP contribution is -2.37. The molecule has 0 aliphatic heterocycles. The van der Waals surface area contributed by atoms with Gasteiger partial charge >= 0.3 is 19.8 Å². The molecule has 0 saturated carbocycles. The van der Waals surface area contributed by atoms with Gasteiger partial charge in [0.1, 0.15) is 19.8 Å². The number of allylic oxidation sites excluding steroid dienone is 18. The van der Waals surface area contributed by atoms with Crippen molar-refractivity contribution in [2.75, 3.05) is 47.5 Å². The van der Waals surface area contributed by atoms with Crippen LogP contribution in [-0.2, 0) is 32.7 Å². The lowest BCUT2D eigenvalue weighted by molar-refractivity contribution is -0.870. The number of hydrogen-bond acceptors (Lipinski definition) is 7. The monoisotopic (exact) mass is 1050 g/mol. The molecule has 0 fully saturated rings. The number of carbonyl (C=O) groups is 2. The Balaban J connectivity index is 4.00. The van der Waals surface area contributed by atoms with Crippen LogP contribution in [0.5, 0.6) is 0 Å². The lowest BCUT2D eigenvalue weighted by atomic mass is 10.0. The number of carbonyl (C=O) groups excluding carboxylic acids is 2. The van der Waals surface area contributed by atoms with Crippen LogP contribution < -0.4 is 0 Å². The fraction of sp³-hybridized carbons (Fsp3) is 0.688. The van der Waals surface area contributed by atoms with E-state index in [1.54, 1.807) is 0 Å². The first-order valence-corrected chi connectivity index (χ1v) is 31.1. The molecule has 9 nitrogen and oxygen atoms in total. The maximum absolute atomic E-state index is 12.8. The average molecular weight is 1050 g/mol. The van der Waals surface area contributed by atoms with Crippen LogP contribution in [-0.4, -0.2) is 74.9 Å². The molecule has 0 bridgehead atoms. The Morgan fingerprint density at radius 1 is 0.419 bits per heavy atom. The third kappa shape index (κ3) is 57.9. The number of unbranched alkanes of at least 4 members (excludes halogenated alkanes) is 21. The van der Waals surface area contributed by atoms with Crippen molar-refractivity contribution in [2.24, 2.45) is 0 Å². The zero-order valence-corrected chi connectivity index (χ0v) is 48.9. The second-order valence-electron chi connectivity index (χ2n) is 20.6. The van der Waals surface area contributed by atoms with Crippen LogP contribution in [0.2, 0.25) is 0 Å². The van der Waals surface area contributed by atoms with E-state index in [0.29, 0.717) is 23.9 Å². The molecular weight excluding hydrogens is 942 g/mol. The van der Waals surface area contributed by atoms with Crippen molar-refractivity contribution in [2.45, 2.75) is 238 Å². The second-order valence-corrected chi connectivity index (χ2v) is 22.1. The molecule has 0 spiro atoms. The van der Waals surface area contributed by atoms with Crippen molar-refractivity contribution in [3.8, 4) is 0 Å². The molecule has 424 valence electrons. The summed E-state index contributed by atoms with van der Waals surface area (Å²) in [6, 6.07) is 0. The molecule has 0 aromatic heterocycles. The minimum atomic E-state index is -4.40. The summed E-state index contributed by atoms with van der Waals surface area (Å²) < 4.78 is 34.4. The number of phosphoric acid groups is 1. The number of hydrogen-bond donors (Lipinski definition) is 1.